The molecule has 140 valence electrons. The number of hydrogen-bond donors (Lipinski definition) is 2. The summed E-state index contributed by atoms with van der Waals surface area (Å²) in [5.74, 6) is -0.745. The molecule has 0 aliphatic carbocycles. The summed E-state index contributed by atoms with van der Waals surface area (Å²) in [5, 5.41) is 10.1. The summed E-state index contributed by atoms with van der Waals surface area (Å²) in [6.07, 6.45) is 7.02. The van der Waals surface area contributed by atoms with E-state index >= 15 is 0 Å². The highest BCUT2D eigenvalue weighted by Gasteiger charge is 2.10. The maximum Gasteiger partial charge on any atom is 0.259 e. The number of aromatic nitrogens is 3. The van der Waals surface area contributed by atoms with Crippen molar-refractivity contribution in [3.8, 4) is 28.3 Å². The summed E-state index contributed by atoms with van der Waals surface area (Å²) in [5.41, 5.74) is 11.6. The first-order valence-electron chi connectivity index (χ1n) is 8.97. The lowest BCUT2D eigenvalue weighted by molar-refractivity contribution is -0.114. The number of nitriles is 1. The summed E-state index contributed by atoms with van der Waals surface area (Å²) in [7, 11) is 0. The second-order valence-electron chi connectivity index (χ2n) is 6.67. The van der Waals surface area contributed by atoms with Gasteiger partial charge in [-0.2, -0.15) is 5.26 Å². The van der Waals surface area contributed by atoms with Crippen LogP contribution in [0.25, 0.3) is 39.4 Å². The number of carbonyl (C=O) groups is 1. The Hall–Kier alpha value is -4.24. The van der Waals surface area contributed by atoms with Crippen molar-refractivity contribution in [1.82, 2.24) is 15.0 Å². The minimum absolute atomic E-state index is 0.0864. The number of nitrogens with zero attached hydrogens (tertiary/aromatic N) is 3. The van der Waals surface area contributed by atoms with Crippen LogP contribution in [-0.4, -0.2) is 20.9 Å². The van der Waals surface area contributed by atoms with E-state index in [1.54, 1.807) is 12.4 Å². The number of primary amides is 1. The van der Waals surface area contributed by atoms with Crippen LogP contribution < -0.4 is 5.73 Å². The first-order chi connectivity index (χ1) is 14.0. The molecule has 1 aromatic carbocycles. The molecule has 0 atom stereocenters. The number of nitrogens with two attached hydrogens (primary N) is 1. The number of nitrogens with one attached hydrogen (secondary N) is 1. The van der Waals surface area contributed by atoms with E-state index < -0.39 is 5.91 Å². The predicted molar refractivity (Wildman–Crippen MR) is 112 cm³/mol. The van der Waals surface area contributed by atoms with E-state index in [2.05, 4.69) is 21.0 Å². The number of H-pyrrole nitrogens is 1. The molecule has 0 saturated heterocycles. The van der Waals surface area contributed by atoms with Gasteiger partial charge < -0.3 is 10.7 Å². The average molecular weight is 379 g/mol. The second kappa shape index (κ2) is 7.41. The summed E-state index contributed by atoms with van der Waals surface area (Å²) in [4.78, 5) is 23.3. The van der Waals surface area contributed by atoms with Crippen LogP contribution in [0.15, 0.2) is 66.6 Å². The fourth-order valence-corrected chi connectivity index (χ4v) is 3.25. The molecule has 4 rings (SSSR count). The van der Waals surface area contributed by atoms with E-state index in [4.69, 9.17) is 11.0 Å². The fraction of sp³-hybridized carbons (Fsp3) is 0.0435. The largest absolute Gasteiger partial charge is 0.365 e. The molecule has 0 saturated carbocycles. The van der Waals surface area contributed by atoms with Gasteiger partial charge in [0.15, 0.2) is 0 Å². The zero-order chi connectivity index (χ0) is 20.4. The molecule has 1 amide bonds. The number of pyridine rings is 2. The number of benzene rings is 1. The standard InChI is InChI=1S/C23H17N5O/c1-14-7-17(5-6-26-14)21-13-28-23-20(21)10-19(12-27-23)16-4-2-3-15(8-16)9-18(11-24)22(25)29/h2-10,12-13H,1H3,(H2,25,29)(H,27,28). The molecule has 6 heteroatoms. The third-order valence-electron chi connectivity index (χ3n) is 4.66. The van der Waals surface area contributed by atoms with Gasteiger partial charge >= 0.3 is 0 Å². The monoisotopic (exact) mass is 379 g/mol. The summed E-state index contributed by atoms with van der Waals surface area (Å²) in [6.45, 7) is 1.96. The smallest absolute Gasteiger partial charge is 0.259 e. The van der Waals surface area contributed by atoms with Crippen LogP contribution in [0.3, 0.4) is 0 Å². The lowest BCUT2D eigenvalue weighted by Gasteiger charge is -2.05. The van der Waals surface area contributed by atoms with Gasteiger partial charge in [-0.1, -0.05) is 18.2 Å². The first-order valence-corrected chi connectivity index (χ1v) is 8.97. The number of hydrogen-bond acceptors (Lipinski definition) is 4. The van der Waals surface area contributed by atoms with Crippen molar-refractivity contribution < 1.29 is 4.79 Å². The third-order valence-corrected chi connectivity index (χ3v) is 4.66. The molecule has 0 aliphatic heterocycles. The van der Waals surface area contributed by atoms with Gasteiger partial charge in [0, 0.05) is 40.8 Å². The van der Waals surface area contributed by atoms with Crippen LogP contribution in [0.5, 0.6) is 0 Å². The van der Waals surface area contributed by atoms with Crippen molar-refractivity contribution in [2.75, 3.05) is 0 Å². The second-order valence-corrected chi connectivity index (χ2v) is 6.67. The molecule has 4 aromatic rings. The van der Waals surface area contributed by atoms with Crippen LogP contribution in [0.2, 0.25) is 0 Å². The van der Waals surface area contributed by atoms with Crippen molar-refractivity contribution in [3.63, 3.8) is 0 Å². The van der Waals surface area contributed by atoms with Crippen molar-refractivity contribution >= 4 is 23.0 Å². The SMILES string of the molecule is Cc1cc(-c2c[nH]c3ncc(-c4cccc(C=C(C#N)C(N)=O)c4)cc23)ccn1. The Kier molecular flexibility index (Phi) is 4.63. The van der Waals surface area contributed by atoms with Crippen molar-refractivity contribution in [2.45, 2.75) is 6.92 Å². The molecule has 0 radical (unpaired) electrons. The minimum Gasteiger partial charge on any atom is -0.365 e. The lowest BCUT2D eigenvalue weighted by atomic mass is 10.0. The number of fused-ring (bicyclic) bond motifs is 1. The van der Waals surface area contributed by atoms with E-state index in [1.165, 1.54) is 6.08 Å². The number of amides is 1. The van der Waals surface area contributed by atoms with Gasteiger partial charge in [0.2, 0.25) is 0 Å². The van der Waals surface area contributed by atoms with Crippen LogP contribution in [0.4, 0.5) is 0 Å². The highest BCUT2D eigenvalue weighted by molar-refractivity contribution is 6.00. The zero-order valence-corrected chi connectivity index (χ0v) is 15.7. The fourth-order valence-electron chi connectivity index (χ4n) is 3.25. The highest BCUT2D eigenvalue weighted by atomic mass is 16.1. The predicted octanol–water partition coefficient (Wildman–Crippen LogP) is 3.99. The molecule has 0 aliphatic rings. The summed E-state index contributed by atoms with van der Waals surface area (Å²) >= 11 is 0. The van der Waals surface area contributed by atoms with Gasteiger partial charge in [0.1, 0.15) is 17.3 Å². The van der Waals surface area contributed by atoms with E-state index in [9.17, 15) is 4.79 Å². The molecule has 3 heterocycles. The minimum atomic E-state index is -0.745. The molecule has 29 heavy (non-hydrogen) atoms. The van der Waals surface area contributed by atoms with Crippen molar-refractivity contribution in [2.24, 2.45) is 5.73 Å². The molecular weight excluding hydrogens is 362 g/mol. The van der Waals surface area contributed by atoms with E-state index in [0.29, 0.717) is 0 Å². The van der Waals surface area contributed by atoms with Crippen LogP contribution in [0.1, 0.15) is 11.3 Å². The van der Waals surface area contributed by atoms with E-state index in [0.717, 1.165) is 44.5 Å². The summed E-state index contributed by atoms with van der Waals surface area (Å²) in [6, 6.07) is 15.4. The normalized spacial score (nSPS) is 11.4. The Morgan fingerprint density at radius 3 is 2.76 bits per heavy atom. The van der Waals surface area contributed by atoms with Crippen LogP contribution >= 0.6 is 0 Å². The third kappa shape index (κ3) is 3.62. The molecule has 0 spiro atoms. The molecule has 6 nitrogen and oxygen atoms in total. The number of carbonyl (C=O) groups excluding carboxylic acids is 1. The van der Waals surface area contributed by atoms with Gasteiger partial charge in [0.05, 0.1) is 0 Å². The van der Waals surface area contributed by atoms with Crippen LogP contribution in [-0.2, 0) is 4.79 Å². The lowest BCUT2D eigenvalue weighted by Crippen LogP contribution is -2.12. The maximum absolute atomic E-state index is 11.3. The Labute approximate surface area is 167 Å². The zero-order valence-electron chi connectivity index (χ0n) is 15.7. The summed E-state index contributed by atoms with van der Waals surface area (Å²) < 4.78 is 0. The van der Waals surface area contributed by atoms with Crippen LogP contribution in [0, 0.1) is 18.3 Å². The van der Waals surface area contributed by atoms with Gasteiger partial charge in [-0.15, -0.1) is 0 Å². The van der Waals surface area contributed by atoms with Gasteiger partial charge in [-0.3, -0.25) is 9.78 Å². The Balaban J connectivity index is 1.80. The maximum atomic E-state index is 11.3. The average Bonchev–Trinajstić information content (AvgIpc) is 3.15. The van der Waals surface area contributed by atoms with Crippen molar-refractivity contribution in [3.05, 3.63) is 77.9 Å². The highest BCUT2D eigenvalue weighted by Crippen LogP contribution is 2.31. The quantitative estimate of drug-likeness (QED) is 0.413. The van der Waals surface area contributed by atoms with Gasteiger partial charge in [-0.25, -0.2) is 4.98 Å². The Morgan fingerprint density at radius 2 is 2.00 bits per heavy atom. The molecule has 3 N–H and O–H groups in total. The molecule has 0 unspecified atom stereocenters. The van der Waals surface area contributed by atoms with Gasteiger partial charge in [0.25, 0.3) is 5.91 Å². The number of aromatic amines is 1. The van der Waals surface area contributed by atoms with Gasteiger partial charge in [-0.05, 0) is 54.0 Å². The Morgan fingerprint density at radius 1 is 1.14 bits per heavy atom. The molecular formula is C23H17N5O. The van der Waals surface area contributed by atoms with E-state index in [-0.39, 0.29) is 5.57 Å². The Bertz CT molecular complexity index is 1310. The van der Waals surface area contributed by atoms with Crippen molar-refractivity contribution in [1.29, 1.82) is 5.26 Å². The molecule has 0 bridgehead atoms. The topological polar surface area (TPSA) is 108 Å². The number of rotatable bonds is 4. The first kappa shape index (κ1) is 18.1. The molecule has 0 fully saturated rings. The van der Waals surface area contributed by atoms with E-state index in [1.807, 2.05) is 55.6 Å². The molecule has 3 aromatic heterocycles. The number of aryl methyl sites for hydroxylation is 1.